The first-order valence-electron chi connectivity index (χ1n) is 9.21. The number of allylic oxidation sites excluding steroid dienone is 1. The van der Waals surface area contributed by atoms with E-state index in [1.54, 1.807) is 25.1 Å². The van der Waals surface area contributed by atoms with E-state index in [4.69, 9.17) is 31.4 Å². The van der Waals surface area contributed by atoms with Crippen molar-refractivity contribution in [3.8, 4) is 23.3 Å². The van der Waals surface area contributed by atoms with Crippen molar-refractivity contribution in [2.75, 3.05) is 25.3 Å². The number of ether oxygens (including phenoxy) is 3. The maximum atomic E-state index is 12.0. The van der Waals surface area contributed by atoms with E-state index in [0.717, 1.165) is 0 Å². The summed E-state index contributed by atoms with van der Waals surface area (Å²) in [4.78, 5) is 12.0. The van der Waals surface area contributed by atoms with Crippen molar-refractivity contribution < 1.29 is 19.0 Å². The third-order valence-corrected chi connectivity index (χ3v) is 5.47. The molecule has 7 N–H and O–H groups in total. The Morgan fingerprint density at radius 1 is 1.29 bits per heavy atom. The van der Waals surface area contributed by atoms with Crippen LogP contribution >= 0.6 is 15.9 Å². The second-order valence-electron chi connectivity index (χ2n) is 6.89. The number of methoxy groups -OCH3 is 2. The van der Waals surface area contributed by atoms with E-state index in [0.29, 0.717) is 32.8 Å². The van der Waals surface area contributed by atoms with Gasteiger partial charge in [0, 0.05) is 5.56 Å². The first-order valence-corrected chi connectivity index (χ1v) is 10.0. The molecule has 9 nitrogen and oxygen atoms in total. The lowest BCUT2D eigenvalue weighted by molar-refractivity contribution is -0.117. The van der Waals surface area contributed by atoms with Crippen LogP contribution in [0.4, 0.5) is 11.4 Å². The number of carbonyl (C=O) groups excluding carboxylic acids is 1. The summed E-state index contributed by atoms with van der Waals surface area (Å²) in [5, 5.41) is 12.4. The van der Waals surface area contributed by atoms with Gasteiger partial charge in [0.2, 0.25) is 11.8 Å². The molecule has 0 saturated carbocycles. The molecule has 0 unspecified atom stereocenters. The summed E-state index contributed by atoms with van der Waals surface area (Å²) in [5.74, 6) is 0.199. The summed E-state index contributed by atoms with van der Waals surface area (Å²) in [6.07, 6.45) is 0. The number of rotatable bonds is 5. The number of hydrogen-bond donors (Lipinski definition) is 4. The van der Waals surface area contributed by atoms with E-state index in [2.05, 4.69) is 27.3 Å². The van der Waals surface area contributed by atoms with Gasteiger partial charge in [0.1, 0.15) is 11.6 Å². The smallest absolute Gasteiger partial charge is 0.241 e. The standard InChI is InChI=1S/C21H22BrN5O4/c1-9(24)21(28)27-14-5-4-11-16(12(8-23)20(26)31-18(11)17(14)25)10-6-13(22)19(30-3)15(7-10)29-2/h4-7,9,16H,24-26H2,1-3H3,(H,27,28)/t9-,16+/m0/s1. The lowest BCUT2D eigenvalue weighted by Gasteiger charge is -2.29. The largest absolute Gasteiger partial charge is 0.493 e. The van der Waals surface area contributed by atoms with Gasteiger partial charge in [-0.05, 0) is 46.6 Å². The van der Waals surface area contributed by atoms with Crippen molar-refractivity contribution in [1.82, 2.24) is 0 Å². The first-order chi connectivity index (χ1) is 14.7. The predicted octanol–water partition coefficient (Wildman–Crippen LogP) is 2.55. The molecule has 1 aliphatic heterocycles. The number of carbonyl (C=O) groups is 1. The van der Waals surface area contributed by atoms with Crippen LogP contribution in [0.2, 0.25) is 0 Å². The Hall–Kier alpha value is -3.42. The number of anilines is 2. The average Bonchev–Trinajstić information content (AvgIpc) is 2.74. The highest BCUT2D eigenvalue weighted by Crippen LogP contribution is 2.49. The highest BCUT2D eigenvalue weighted by atomic mass is 79.9. The van der Waals surface area contributed by atoms with Crippen LogP contribution in [0.15, 0.2) is 40.2 Å². The molecule has 3 rings (SSSR count). The Bertz CT molecular complexity index is 1120. The zero-order chi connectivity index (χ0) is 22.9. The number of nitrogens with two attached hydrogens (primary N) is 3. The van der Waals surface area contributed by atoms with Crippen molar-refractivity contribution in [2.45, 2.75) is 18.9 Å². The van der Waals surface area contributed by atoms with Gasteiger partial charge in [-0.15, -0.1) is 0 Å². The topological polar surface area (TPSA) is 159 Å². The predicted molar refractivity (Wildman–Crippen MR) is 120 cm³/mol. The molecule has 0 bridgehead atoms. The Morgan fingerprint density at radius 2 is 2.00 bits per heavy atom. The minimum atomic E-state index is -0.719. The number of nitrogens with one attached hydrogen (secondary N) is 1. The van der Waals surface area contributed by atoms with Gasteiger partial charge in [0.05, 0.1) is 42.0 Å². The molecule has 0 fully saturated rings. The van der Waals surface area contributed by atoms with Gasteiger partial charge in [-0.25, -0.2) is 0 Å². The van der Waals surface area contributed by atoms with E-state index in [1.807, 2.05) is 6.07 Å². The quantitative estimate of drug-likeness (QED) is 0.468. The van der Waals surface area contributed by atoms with Crippen molar-refractivity contribution >= 4 is 33.2 Å². The van der Waals surface area contributed by atoms with Crippen LogP contribution in [0.3, 0.4) is 0 Å². The molecule has 0 aromatic heterocycles. The molecule has 162 valence electrons. The number of halogens is 1. The summed E-state index contributed by atoms with van der Waals surface area (Å²) in [5.41, 5.74) is 20.0. The molecule has 1 amide bonds. The molecule has 10 heteroatoms. The summed E-state index contributed by atoms with van der Waals surface area (Å²) in [6.45, 7) is 1.56. The van der Waals surface area contributed by atoms with Crippen LogP contribution < -0.4 is 36.7 Å². The van der Waals surface area contributed by atoms with Crippen LogP contribution in [-0.4, -0.2) is 26.2 Å². The van der Waals surface area contributed by atoms with Gasteiger partial charge in [0.25, 0.3) is 0 Å². The fraction of sp³-hybridized carbons (Fsp3) is 0.238. The number of nitriles is 1. The first kappa shape index (κ1) is 22.3. The Morgan fingerprint density at radius 3 is 2.58 bits per heavy atom. The Balaban J connectivity index is 2.19. The molecule has 2 aromatic carbocycles. The lowest BCUT2D eigenvalue weighted by Crippen LogP contribution is -2.32. The average molecular weight is 488 g/mol. The number of hydrogen-bond acceptors (Lipinski definition) is 8. The van der Waals surface area contributed by atoms with E-state index in [9.17, 15) is 10.1 Å². The molecule has 2 atom stereocenters. The number of nitrogens with zero attached hydrogens (tertiary/aromatic N) is 1. The van der Waals surface area contributed by atoms with Gasteiger partial charge in [0.15, 0.2) is 17.2 Å². The number of nitrogen functional groups attached to an aromatic ring is 1. The van der Waals surface area contributed by atoms with Gasteiger partial charge in [-0.3, -0.25) is 4.79 Å². The third kappa shape index (κ3) is 3.97. The summed E-state index contributed by atoms with van der Waals surface area (Å²) in [6, 6.07) is 8.34. The van der Waals surface area contributed by atoms with E-state index in [-0.39, 0.29) is 22.9 Å². The molecule has 2 aromatic rings. The zero-order valence-electron chi connectivity index (χ0n) is 17.2. The van der Waals surface area contributed by atoms with Crippen LogP contribution in [-0.2, 0) is 4.79 Å². The second-order valence-corrected chi connectivity index (χ2v) is 7.74. The fourth-order valence-corrected chi connectivity index (χ4v) is 3.97. The fourth-order valence-electron chi connectivity index (χ4n) is 3.35. The molecule has 1 aliphatic rings. The summed E-state index contributed by atoms with van der Waals surface area (Å²) >= 11 is 3.48. The zero-order valence-corrected chi connectivity index (χ0v) is 18.7. The van der Waals surface area contributed by atoms with Crippen LogP contribution in [0.25, 0.3) is 0 Å². The SMILES string of the molecule is COc1cc([C@H]2C(C#N)=C(N)Oc3c2ccc(NC(=O)[C@H](C)N)c3N)cc(Br)c1OC. The van der Waals surface area contributed by atoms with Crippen LogP contribution in [0, 0.1) is 11.3 Å². The molecular formula is C21H22BrN5O4. The summed E-state index contributed by atoms with van der Waals surface area (Å²) < 4.78 is 17.1. The summed E-state index contributed by atoms with van der Waals surface area (Å²) in [7, 11) is 3.05. The highest BCUT2D eigenvalue weighted by Gasteiger charge is 2.34. The lowest BCUT2D eigenvalue weighted by atomic mass is 9.83. The number of fused-ring (bicyclic) bond motifs is 1. The van der Waals surface area contributed by atoms with Crippen molar-refractivity contribution in [3.63, 3.8) is 0 Å². The second kappa shape index (κ2) is 8.75. The Kier molecular flexibility index (Phi) is 6.29. The normalized spacial score (nSPS) is 15.9. The molecule has 0 aliphatic carbocycles. The maximum Gasteiger partial charge on any atom is 0.241 e. The molecule has 31 heavy (non-hydrogen) atoms. The van der Waals surface area contributed by atoms with Crippen LogP contribution in [0.1, 0.15) is 24.0 Å². The minimum Gasteiger partial charge on any atom is -0.493 e. The number of benzene rings is 2. The van der Waals surface area contributed by atoms with Gasteiger partial charge in [-0.1, -0.05) is 6.07 Å². The Labute approximate surface area is 187 Å². The molecule has 0 radical (unpaired) electrons. The van der Waals surface area contributed by atoms with Crippen molar-refractivity contribution in [2.24, 2.45) is 11.5 Å². The van der Waals surface area contributed by atoms with Crippen molar-refractivity contribution in [1.29, 1.82) is 5.26 Å². The molecule has 0 saturated heterocycles. The van der Waals surface area contributed by atoms with E-state index in [1.165, 1.54) is 14.2 Å². The number of amides is 1. The van der Waals surface area contributed by atoms with E-state index < -0.39 is 17.9 Å². The molecule has 1 heterocycles. The molecular weight excluding hydrogens is 466 g/mol. The highest BCUT2D eigenvalue weighted by molar-refractivity contribution is 9.10. The minimum absolute atomic E-state index is 0.0757. The monoisotopic (exact) mass is 487 g/mol. The van der Waals surface area contributed by atoms with Gasteiger partial charge < -0.3 is 36.7 Å². The molecule has 0 spiro atoms. The van der Waals surface area contributed by atoms with Crippen LogP contribution in [0.5, 0.6) is 17.2 Å². The van der Waals surface area contributed by atoms with Gasteiger partial charge in [-0.2, -0.15) is 5.26 Å². The maximum absolute atomic E-state index is 12.0. The van der Waals surface area contributed by atoms with E-state index >= 15 is 0 Å². The van der Waals surface area contributed by atoms with Gasteiger partial charge >= 0.3 is 0 Å². The third-order valence-electron chi connectivity index (χ3n) is 4.88. The van der Waals surface area contributed by atoms with Crippen molar-refractivity contribution in [3.05, 3.63) is 51.3 Å².